The third-order valence-corrected chi connectivity index (χ3v) is 6.34. The first-order valence-electron chi connectivity index (χ1n) is 14.3. The first-order chi connectivity index (χ1) is 15.8. The molecule has 0 spiro atoms. The molecule has 0 aromatic carbocycles. The van der Waals surface area contributed by atoms with Gasteiger partial charge in [0.1, 0.15) is 0 Å². The SMILES string of the molecule is CCCCCC/C=C\C/C=C\CCCCCCCCCCCCCCCCCCC(=O)O. The number of hydrogen-bond donors (Lipinski definition) is 1. The molecule has 0 unspecified atom stereocenters. The molecule has 0 aliphatic heterocycles. The van der Waals surface area contributed by atoms with Gasteiger partial charge in [0.15, 0.2) is 0 Å². The molecule has 188 valence electrons. The van der Waals surface area contributed by atoms with E-state index in [0.29, 0.717) is 6.42 Å². The first-order valence-corrected chi connectivity index (χ1v) is 14.3. The molecule has 2 heteroatoms. The summed E-state index contributed by atoms with van der Waals surface area (Å²) in [6.07, 6.45) is 40.0. The zero-order valence-electron chi connectivity index (χ0n) is 21.6. The third kappa shape index (κ3) is 28.9. The van der Waals surface area contributed by atoms with Crippen LogP contribution in [0.2, 0.25) is 0 Å². The molecule has 2 nitrogen and oxygen atoms in total. The maximum Gasteiger partial charge on any atom is 0.303 e. The van der Waals surface area contributed by atoms with Crippen LogP contribution in [0.1, 0.15) is 161 Å². The average Bonchev–Trinajstić information content (AvgIpc) is 2.78. The lowest BCUT2D eigenvalue weighted by molar-refractivity contribution is -0.137. The van der Waals surface area contributed by atoms with Gasteiger partial charge in [-0.1, -0.05) is 140 Å². The van der Waals surface area contributed by atoms with Gasteiger partial charge in [-0.25, -0.2) is 0 Å². The Morgan fingerprint density at radius 2 is 0.844 bits per heavy atom. The van der Waals surface area contributed by atoms with E-state index in [1.165, 1.54) is 128 Å². The van der Waals surface area contributed by atoms with Gasteiger partial charge >= 0.3 is 5.97 Å². The van der Waals surface area contributed by atoms with Crippen molar-refractivity contribution < 1.29 is 9.90 Å². The molecular formula is C30H56O2. The van der Waals surface area contributed by atoms with E-state index in [4.69, 9.17) is 5.11 Å². The fraction of sp³-hybridized carbons (Fsp3) is 0.833. The van der Waals surface area contributed by atoms with Crippen LogP contribution >= 0.6 is 0 Å². The van der Waals surface area contributed by atoms with Crippen LogP contribution < -0.4 is 0 Å². The molecule has 0 heterocycles. The first kappa shape index (κ1) is 30.9. The van der Waals surface area contributed by atoms with Gasteiger partial charge in [0, 0.05) is 6.42 Å². The Balaban J connectivity index is 3.11. The minimum atomic E-state index is -0.653. The maximum atomic E-state index is 10.4. The lowest BCUT2D eigenvalue weighted by Gasteiger charge is -2.03. The normalized spacial score (nSPS) is 11.8. The summed E-state index contributed by atoms with van der Waals surface area (Å²) in [6, 6.07) is 0. The van der Waals surface area contributed by atoms with Crippen LogP contribution in [0.15, 0.2) is 24.3 Å². The van der Waals surface area contributed by atoms with Crippen LogP contribution in [0.4, 0.5) is 0 Å². The van der Waals surface area contributed by atoms with E-state index in [1.54, 1.807) is 0 Å². The second-order valence-electron chi connectivity index (χ2n) is 9.62. The van der Waals surface area contributed by atoms with Crippen molar-refractivity contribution in [1.29, 1.82) is 0 Å². The summed E-state index contributed by atoms with van der Waals surface area (Å²) < 4.78 is 0. The second kappa shape index (κ2) is 28.0. The lowest BCUT2D eigenvalue weighted by Crippen LogP contribution is -1.93. The molecule has 0 aromatic rings. The number of carbonyl (C=O) groups is 1. The fourth-order valence-electron chi connectivity index (χ4n) is 4.21. The molecule has 0 fully saturated rings. The van der Waals surface area contributed by atoms with Gasteiger partial charge in [0.2, 0.25) is 0 Å². The van der Waals surface area contributed by atoms with Crippen molar-refractivity contribution in [3.63, 3.8) is 0 Å². The quantitative estimate of drug-likeness (QED) is 0.105. The molecule has 0 rings (SSSR count). The number of hydrogen-bond acceptors (Lipinski definition) is 1. The van der Waals surface area contributed by atoms with E-state index in [0.717, 1.165) is 19.3 Å². The second-order valence-corrected chi connectivity index (χ2v) is 9.62. The molecule has 0 radical (unpaired) electrons. The highest BCUT2D eigenvalue weighted by molar-refractivity contribution is 5.66. The van der Waals surface area contributed by atoms with E-state index in [2.05, 4.69) is 31.2 Å². The van der Waals surface area contributed by atoms with E-state index in [1.807, 2.05) is 0 Å². The van der Waals surface area contributed by atoms with Gasteiger partial charge in [-0.2, -0.15) is 0 Å². The standard InChI is InChI=1S/C30H56O2/c1-2-3-4-5-6-7-8-9-10-11-12-13-14-15-16-17-18-19-20-21-22-23-24-25-26-27-28-29-30(31)32/h7-8,10-11H,2-6,9,12-29H2,1H3,(H,31,32)/b8-7-,11-10-. The fourth-order valence-corrected chi connectivity index (χ4v) is 4.21. The minimum absolute atomic E-state index is 0.342. The molecule has 32 heavy (non-hydrogen) atoms. The number of carboxylic acid groups (broad SMARTS) is 1. The lowest BCUT2D eigenvalue weighted by atomic mass is 10.0. The third-order valence-electron chi connectivity index (χ3n) is 6.34. The highest BCUT2D eigenvalue weighted by Gasteiger charge is 1.97. The molecule has 0 bridgehead atoms. The van der Waals surface area contributed by atoms with E-state index in [-0.39, 0.29) is 0 Å². The molecule has 0 aliphatic rings. The molecule has 0 saturated carbocycles. The molecule has 0 aliphatic carbocycles. The van der Waals surface area contributed by atoms with Crippen molar-refractivity contribution in [2.45, 2.75) is 161 Å². The summed E-state index contributed by atoms with van der Waals surface area (Å²) in [5.74, 6) is -0.653. The summed E-state index contributed by atoms with van der Waals surface area (Å²) in [7, 11) is 0. The number of aliphatic carboxylic acids is 1. The predicted octanol–water partition coefficient (Wildman–Crippen LogP) is 10.6. The minimum Gasteiger partial charge on any atom is -0.481 e. The topological polar surface area (TPSA) is 37.3 Å². The van der Waals surface area contributed by atoms with Gasteiger partial charge in [-0.05, 0) is 38.5 Å². The van der Waals surface area contributed by atoms with Gasteiger partial charge in [0.25, 0.3) is 0 Å². The van der Waals surface area contributed by atoms with Gasteiger partial charge in [-0.15, -0.1) is 0 Å². The van der Waals surface area contributed by atoms with Crippen molar-refractivity contribution in [2.24, 2.45) is 0 Å². The molecule has 0 amide bonds. The zero-order chi connectivity index (χ0) is 23.4. The molecular weight excluding hydrogens is 392 g/mol. The number of carboxylic acids is 1. The Morgan fingerprint density at radius 1 is 0.500 bits per heavy atom. The summed E-state index contributed by atoms with van der Waals surface area (Å²) in [5.41, 5.74) is 0. The van der Waals surface area contributed by atoms with Crippen LogP contribution in [-0.2, 0) is 4.79 Å². The largest absolute Gasteiger partial charge is 0.481 e. The van der Waals surface area contributed by atoms with E-state index in [9.17, 15) is 4.79 Å². The van der Waals surface area contributed by atoms with Gasteiger partial charge in [-0.3, -0.25) is 4.79 Å². The van der Waals surface area contributed by atoms with Crippen molar-refractivity contribution >= 4 is 5.97 Å². The summed E-state index contributed by atoms with van der Waals surface area (Å²) >= 11 is 0. The van der Waals surface area contributed by atoms with Crippen molar-refractivity contribution in [1.82, 2.24) is 0 Å². The molecule has 0 aromatic heterocycles. The van der Waals surface area contributed by atoms with Crippen LogP contribution in [0.25, 0.3) is 0 Å². The summed E-state index contributed by atoms with van der Waals surface area (Å²) in [5, 5.41) is 8.60. The Labute approximate surface area is 201 Å². The monoisotopic (exact) mass is 448 g/mol. The summed E-state index contributed by atoms with van der Waals surface area (Å²) in [4.78, 5) is 10.4. The summed E-state index contributed by atoms with van der Waals surface area (Å²) in [6.45, 7) is 2.27. The molecule has 0 saturated heterocycles. The molecule has 0 atom stereocenters. The van der Waals surface area contributed by atoms with Crippen LogP contribution in [-0.4, -0.2) is 11.1 Å². The number of allylic oxidation sites excluding steroid dienone is 4. The van der Waals surface area contributed by atoms with Crippen LogP contribution in [0.5, 0.6) is 0 Å². The van der Waals surface area contributed by atoms with Gasteiger partial charge in [0.05, 0.1) is 0 Å². The molecule has 1 N–H and O–H groups in total. The Hall–Kier alpha value is -1.05. The average molecular weight is 449 g/mol. The van der Waals surface area contributed by atoms with Crippen molar-refractivity contribution in [2.75, 3.05) is 0 Å². The predicted molar refractivity (Wildman–Crippen MR) is 142 cm³/mol. The number of unbranched alkanes of at least 4 members (excludes halogenated alkanes) is 20. The Bertz CT molecular complexity index is 425. The zero-order valence-corrected chi connectivity index (χ0v) is 21.6. The number of rotatable bonds is 26. The van der Waals surface area contributed by atoms with Crippen molar-refractivity contribution in [3.8, 4) is 0 Å². The van der Waals surface area contributed by atoms with Crippen molar-refractivity contribution in [3.05, 3.63) is 24.3 Å². The Morgan fingerprint density at radius 3 is 1.22 bits per heavy atom. The van der Waals surface area contributed by atoms with Gasteiger partial charge < -0.3 is 5.11 Å². The highest BCUT2D eigenvalue weighted by Crippen LogP contribution is 2.14. The smallest absolute Gasteiger partial charge is 0.303 e. The van der Waals surface area contributed by atoms with Crippen LogP contribution in [0.3, 0.4) is 0 Å². The van der Waals surface area contributed by atoms with Crippen LogP contribution in [0, 0.1) is 0 Å². The Kier molecular flexibility index (Phi) is 27.1. The van der Waals surface area contributed by atoms with E-state index >= 15 is 0 Å². The van der Waals surface area contributed by atoms with E-state index < -0.39 is 5.97 Å². The highest BCUT2D eigenvalue weighted by atomic mass is 16.4. The maximum absolute atomic E-state index is 10.4.